The molecule has 20 heavy (non-hydrogen) atoms. The summed E-state index contributed by atoms with van der Waals surface area (Å²) in [5.74, 6) is -1.08. The van der Waals surface area contributed by atoms with Crippen LogP contribution < -0.4 is 4.74 Å². The second-order valence-electron chi connectivity index (χ2n) is 3.76. The van der Waals surface area contributed by atoms with E-state index in [1.165, 1.54) is 17.4 Å². The number of carboxylic acid groups (broad SMARTS) is 1. The third kappa shape index (κ3) is 3.34. The Morgan fingerprint density at radius 2 is 2.20 bits per heavy atom. The fourth-order valence-electron chi connectivity index (χ4n) is 1.52. The highest BCUT2D eigenvalue weighted by atomic mass is 79.9. The number of hydrogen-bond acceptors (Lipinski definition) is 5. The summed E-state index contributed by atoms with van der Waals surface area (Å²) in [5.41, 5.74) is -0.844. The smallest absolute Gasteiger partial charge is 0.342 e. The Hall–Kier alpha value is -1.93. The molecule has 1 aromatic heterocycles. The van der Waals surface area contributed by atoms with Crippen LogP contribution >= 0.6 is 27.3 Å². The van der Waals surface area contributed by atoms with Crippen LogP contribution in [0, 0.1) is 10.1 Å². The lowest BCUT2D eigenvalue weighted by Crippen LogP contribution is -2.03. The van der Waals surface area contributed by atoms with E-state index in [0.29, 0.717) is 0 Å². The summed E-state index contributed by atoms with van der Waals surface area (Å²) < 4.78 is 6.38. The quantitative estimate of drug-likeness (QED) is 0.650. The zero-order chi connectivity index (χ0) is 14.7. The molecule has 0 bridgehead atoms. The van der Waals surface area contributed by atoms with Gasteiger partial charge in [-0.2, -0.15) is 0 Å². The molecular formula is C12H8BrNO5S. The Morgan fingerprint density at radius 1 is 1.45 bits per heavy atom. The van der Waals surface area contributed by atoms with Crippen LogP contribution in [0.25, 0.3) is 0 Å². The molecule has 2 aromatic rings. The number of rotatable bonds is 5. The number of benzene rings is 1. The summed E-state index contributed by atoms with van der Waals surface area (Å²) in [6.07, 6.45) is 0. The van der Waals surface area contributed by atoms with Gasteiger partial charge in [0.25, 0.3) is 5.69 Å². The van der Waals surface area contributed by atoms with Crippen molar-refractivity contribution in [3.05, 3.63) is 54.7 Å². The van der Waals surface area contributed by atoms with Gasteiger partial charge in [0.1, 0.15) is 17.9 Å². The topological polar surface area (TPSA) is 89.7 Å². The van der Waals surface area contributed by atoms with Crippen LogP contribution in [0.15, 0.2) is 34.1 Å². The molecule has 1 N–H and O–H groups in total. The summed E-state index contributed by atoms with van der Waals surface area (Å²) in [5, 5.41) is 21.6. The Kier molecular flexibility index (Phi) is 4.35. The molecule has 0 aliphatic rings. The van der Waals surface area contributed by atoms with Crippen molar-refractivity contribution in [2.24, 2.45) is 0 Å². The summed E-state index contributed by atoms with van der Waals surface area (Å²) >= 11 is 4.81. The first-order chi connectivity index (χ1) is 9.47. The van der Waals surface area contributed by atoms with Crippen LogP contribution in [0.4, 0.5) is 5.69 Å². The van der Waals surface area contributed by atoms with Gasteiger partial charge in [-0.1, -0.05) is 0 Å². The molecule has 0 saturated heterocycles. The number of hydrogen-bond donors (Lipinski definition) is 1. The summed E-state index contributed by atoms with van der Waals surface area (Å²) in [6.45, 7) is 0.271. The third-order valence-corrected chi connectivity index (χ3v) is 4.07. The van der Waals surface area contributed by atoms with Gasteiger partial charge in [-0.3, -0.25) is 10.1 Å². The summed E-state index contributed by atoms with van der Waals surface area (Å²) in [6, 6.07) is 5.55. The second-order valence-corrected chi connectivity index (χ2v) is 5.67. The minimum absolute atomic E-state index is 0.271. The molecule has 0 aliphatic heterocycles. The van der Waals surface area contributed by atoms with Crippen molar-refractivity contribution in [1.82, 2.24) is 0 Å². The molecule has 0 aliphatic carbocycles. The number of ether oxygens (including phenoxy) is 1. The molecule has 0 amide bonds. The van der Waals surface area contributed by atoms with E-state index in [1.54, 1.807) is 0 Å². The SMILES string of the molecule is O=C(O)c1cc(OCc2cc(Br)cs2)ccc1[N+](=O)[O-]. The van der Waals surface area contributed by atoms with Gasteiger partial charge in [-0.25, -0.2) is 4.79 Å². The molecule has 0 atom stereocenters. The lowest BCUT2D eigenvalue weighted by Gasteiger charge is -2.05. The first-order valence-electron chi connectivity index (χ1n) is 5.35. The van der Waals surface area contributed by atoms with Gasteiger partial charge in [-0.15, -0.1) is 11.3 Å². The van der Waals surface area contributed by atoms with Gasteiger partial charge >= 0.3 is 5.97 Å². The van der Waals surface area contributed by atoms with Crippen molar-refractivity contribution in [2.45, 2.75) is 6.61 Å². The monoisotopic (exact) mass is 357 g/mol. The van der Waals surface area contributed by atoms with Crippen molar-refractivity contribution in [3.8, 4) is 5.75 Å². The molecule has 1 aromatic carbocycles. The van der Waals surface area contributed by atoms with Crippen molar-refractivity contribution in [1.29, 1.82) is 0 Å². The molecule has 104 valence electrons. The Balaban J connectivity index is 2.18. The number of thiophene rings is 1. The van der Waals surface area contributed by atoms with E-state index >= 15 is 0 Å². The van der Waals surface area contributed by atoms with E-state index in [0.717, 1.165) is 21.5 Å². The van der Waals surface area contributed by atoms with Crippen LogP contribution in [0.3, 0.4) is 0 Å². The van der Waals surface area contributed by atoms with Gasteiger partial charge < -0.3 is 9.84 Å². The first-order valence-corrected chi connectivity index (χ1v) is 7.02. The zero-order valence-electron chi connectivity index (χ0n) is 9.91. The van der Waals surface area contributed by atoms with Crippen LogP contribution in [-0.2, 0) is 6.61 Å². The average Bonchev–Trinajstić information content (AvgIpc) is 2.81. The largest absolute Gasteiger partial charge is 0.488 e. The number of nitrogens with zero attached hydrogens (tertiary/aromatic N) is 1. The Labute approximate surface area is 125 Å². The molecule has 2 rings (SSSR count). The van der Waals surface area contributed by atoms with E-state index in [4.69, 9.17) is 9.84 Å². The fraction of sp³-hybridized carbons (Fsp3) is 0.0833. The van der Waals surface area contributed by atoms with Crippen molar-refractivity contribution in [3.63, 3.8) is 0 Å². The van der Waals surface area contributed by atoms with E-state index in [-0.39, 0.29) is 17.9 Å². The van der Waals surface area contributed by atoms with Gasteiger partial charge in [-0.05, 0) is 28.1 Å². The highest BCUT2D eigenvalue weighted by Crippen LogP contribution is 2.26. The number of nitro groups is 1. The zero-order valence-corrected chi connectivity index (χ0v) is 12.3. The van der Waals surface area contributed by atoms with E-state index in [2.05, 4.69) is 15.9 Å². The number of carbonyl (C=O) groups is 1. The van der Waals surface area contributed by atoms with Gasteiger partial charge in [0.2, 0.25) is 0 Å². The normalized spacial score (nSPS) is 10.2. The maximum absolute atomic E-state index is 11.0. The van der Waals surface area contributed by atoms with Crippen LogP contribution in [-0.4, -0.2) is 16.0 Å². The van der Waals surface area contributed by atoms with E-state index in [1.807, 2.05) is 11.4 Å². The maximum atomic E-state index is 11.0. The molecular weight excluding hydrogens is 350 g/mol. The van der Waals surface area contributed by atoms with Crippen molar-refractivity contribution in [2.75, 3.05) is 0 Å². The van der Waals surface area contributed by atoms with E-state index in [9.17, 15) is 14.9 Å². The molecule has 0 radical (unpaired) electrons. The fourth-order valence-corrected chi connectivity index (χ4v) is 2.88. The minimum atomic E-state index is -1.36. The maximum Gasteiger partial charge on any atom is 0.342 e. The molecule has 1 heterocycles. The Morgan fingerprint density at radius 3 is 2.75 bits per heavy atom. The minimum Gasteiger partial charge on any atom is -0.488 e. The van der Waals surface area contributed by atoms with Crippen LogP contribution in [0.5, 0.6) is 5.75 Å². The van der Waals surface area contributed by atoms with Crippen LogP contribution in [0.1, 0.15) is 15.2 Å². The molecule has 0 unspecified atom stereocenters. The van der Waals surface area contributed by atoms with Gasteiger partial charge in [0.05, 0.1) is 4.92 Å². The third-order valence-electron chi connectivity index (χ3n) is 2.40. The predicted octanol–water partition coefficient (Wildman–Crippen LogP) is 3.70. The standard InChI is InChI=1S/C12H8BrNO5S/c13-7-3-9(20-6-7)5-19-8-1-2-11(14(17)18)10(4-8)12(15)16/h1-4,6H,5H2,(H,15,16). The highest BCUT2D eigenvalue weighted by Gasteiger charge is 2.20. The summed E-state index contributed by atoms with van der Waals surface area (Å²) in [4.78, 5) is 21.9. The number of aromatic carboxylic acids is 1. The average molecular weight is 358 g/mol. The molecule has 0 spiro atoms. The second kappa shape index (κ2) is 6.02. The molecule has 0 fully saturated rings. The van der Waals surface area contributed by atoms with Gasteiger partial charge in [0, 0.05) is 26.9 Å². The lowest BCUT2D eigenvalue weighted by molar-refractivity contribution is -0.385. The molecule has 8 heteroatoms. The predicted molar refractivity (Wildman–Crippen MR) is 76.4 cm³/mol. The molecule has 6 nitrogen and oxygen atoms in total. The van der Waals surface area contributed by atoms with Crippen molar-refractivity contribution < 1.29 is 19.6 Å². The Bertz CT molecular complexity index is 670. The first kappa shape index (κ1) is 14.5. The van der Waals surface area contributed by atoms with Crippen LogP contribution in [0.2, 0.25) is 0 Å². The van der Waals surface area contributed by atoms with Gasteiger partial charge in [0.15, 0.2) is 0 Å². The summed E-state index contributed by atoms with van der Waals surface area (Å²) in [7, 11) is 0. The number of halogens is 1. The molecule has 0 saturated carbocycles. The number of carboxylic acids is 1. The van der Waals surface area contributed by atoms with Crippen molar-refractivity contribution >= 4 is 38.9 Å². The van der Waals surface area contributed by atoms with E-state index < -0.39 is 16.6 Å². The lowest BCUT2D eigenvalue weighted by atomic mass is 10.1. The number of nitro benzene ring substituents is 1. The highest BCUT2D eigenvalue weighted by molar-refractivity contribution is 9.10.